The van der Waals surface area contributed by atoms with E-state index in [9.17, 15) is 9.59 Å². The van der Waals surface area contributed by atoms with E-state index in [-0.39, 0.29) is 18.4 Å². The highest BCUT2D eigenvalue weighted by Gasteiger charge is 2.45. The minimum Gasteiger partial charge on any atom is -0.480 e. The maximum Gasteiger partial charge on any atom is 0.329 e. The van der Waals surface area contributed by atoms with Crippen molar-refractivity contribution in [2.75, 3.05) is 0 Å². The van der Waals surface area contributed by atoms with Crippen LogP contribution in [0, 0.1) is 5.92 Å². The van der Waals surface area contributed by atoms with E-state index in [2.05, 4.69) is 5.32 Å². The molecule has 2 aliphatic rings. The molecule has 2 fully saturated rings. The van der Waals surface area contributed by atoms with Crippen molar-refractivity contribution in [1.82, 2.24) is 5.32 Å². The lowest BCUT2D eigenvalue weighted by molar-refractivity contribution is -0.151. The number of carboxylic acid groups (broad SMARTS) is 1. The third kappa shape index (κ3) is 2.19. The molecule has 1 atom stereocenters. The van der Waals surface area contributed by atoms with E-state index < -0.39 is 11.5 Å². The van der Waals surface area contributed by atoms with E-state index in [0.717, 1.165) is 19.3 Å². The first kappa shape index (κ1) is 11.4. The highest BCUT2D eigenvalue weighted by molar-refractivity contribution is 5.88. The van der Waals surface area contributed by atoms with Crippen LogP contribution in [0.15, 0.2) is 0 Å². The number of carbonyl (C=O) groups excluding carboxylic acids is 1. The van der Waals surface area contributed by atoms with Crippen LogP contribution in [0.5, 0.6) is 0 Å². The molecule has 2 aliphatic carbocycles. The van der Waals surface area contributed by atoms with Gasteiger partial charge < -0.3 is 16.2 Å². The Morgan fingerprint density at radius 2 is 2.06 bits per heavy atom. The van der Waals surface area contributed by atoms with Crippen molar-refractivity contribution in [3.63, 3.8) is 0 Å². The summed E-state index contributed by atoms with van der Waals surface area (Å²) in [7, 11) is 0. The smallest absolute Gasteiger partial charge is 0.329 e. The fourth-order valence-electron chi connectivity index (χ4n) is 2.15. The maximum atomic E-state index is 11.6. The molecule has 5 nitrogen and oxygen atoms in total. The Morgan fingerprint density at radius 3 is 2.44 bits per heavy atom. The van der Waals surface area contributed by atoms with Crippen molar-refractivity contribution < 1.29 is 14.7 Å². The molecule has 16 heavy (non-hydrogen) atoms. The summed E-state index contributed by atoms with van der Waals surface area (Å²) in [5.74, 6) is -0.679. The number of aliphatic carboxylic acids is 1. The van der Waals surface area contributed by atoms with Crippen LogP contribution in [0.4, 0.5) is 0 Å². The van der Waals surface area contributed by atoms with E-state index in [1.807, 2.05) is 0 Å². The number of carbonyl (C=O) groups is 2. The molecule has 1 unspecified atom stereocenters. The average molecular weight is 226 g/mol. The van der Waals surface area contributed by atoms with Crippen LogP contribution in [-0.4, -0.2) is 28.6 Å². The number of carboxylic acids is 1. The molecule has 0 saturated heterocycles. The predicted octanol–water partition coefficient (Wildman–Crippen LogP) is 0.237. The zero-order chi connectivity index (χ0) is 11.8. The molecule has 0 aromatic rings. The quantitative estimate of drug-likeness (QED) is 0.626. The standard InChI is InChI=1S/C11H18N2O3/c12-8(7-2-3-7)6-9(14)13-11(10(15)16)4-1-5-11/h7-8H,1-6,12H2,(H,13,14)(H,15,16). The fraction of sp³-hybridized carbons (Fsp3) is 0.818. The molecule has 0 aromatic carbocycles. The molecule has 4 N–H and O–H groups in total. The maximum absolute atomic E-state index is 11.6. The zero-order valence-electron chi connectivity index (χ0n) is 9.24. The van der Waals surface area contributed by atoms with E-state index in [1.54, 1.807) is 0 Å². The van der Waals surface area contributed by atoms with Gasteiger partial charge in [-0.1, -0.05) is 0 Å². The molecule has 5 heteroatoms. The topological polar surface area (TPSA) is 92.4 Å². The van der Waals surface area contributed by atoms with Crippen molar-refractivity contribution in [2.24, 2.45) is 11.7 Å². The van der Waals surface area contributed by atoms with Gasteiger partial charge in [0.15, 0.2) is 0 Å². The number of hydrogen-bond acceptors (Lipinski definition) is 3. The molecule has 0 bridgehead atoms. The number of amides is 1. The van der Waals surface area contributed by atoms with Crippen LogP contribution < -0.4 is 11.1 Å². The summed E-state index contributed by atoms with van der Waals surface area (Å²) in [5.41, 5.74) is 4.83. The predicted molar refractivity (Wildman–Crippen MR) is 57.7 cm³/mol. The summed E-state index contributed by atoms with van der Waals surface area (Å²) >= 11 is 0. The second-order valence-corrected chi connectivity index (χ2v) is 4.99. The van der Waals surface area contributed by atoms with Gasteiger partial charge in [-0.2, -0.15) is 0 Å². The molecular weight excluding hydrogens is 208 g/mol. The van der Waals surface area contributed by atoms with Crippen molar-refractivity contribution in [1.29, 1.82) is 0 Å². The van der Waals surface area contributed by atoms with Gasteiger partial charge in [0, 0.05) is 12.5 Å². The number of rotatable bonds is 5. The summed E-state index contributed by atoms with van der Waals surface area (Å²) in [4.78, 5) is 22.7. The van der Waals surface area contributed by atoms with Gasteiger partial charge >= 0.3 is 5.97 Å². The van der Waals surface area contributed by atoms with Gasteiger partial charge in [0.1, 0.15) is 5.54 Å². The van der Waals surface area contributed by atoms with Gasteiger partial charge in [-0.3, -0.25) is 4.79 Å². The third-order valence-corrected chi connectivity index (χ3v) is 3.64. The second-order valence-electron chi connectivity index (χ2n) is 4.99. The number of hydrogen-bond donors (Lipinski definition) is 3. The lowest BCUT2D eigenvalue weighted by Gasteiger charge is -2.38. The second kappa shape index (κ2) is 4.05. The molecule has 0 spiro atoms. The lowest BCUT2D eigenvalue weighted by atomic mass is 9.76. The normalized spacial score (nSPS) is 24.3. The molecule has 0 aromatic heterocycles. The highest BCUT2D eigenvalue weighted by Crippen LogP contribution is 2.34. The van der Waals surface area contributed by atoms with Gasteiger partial charge in [-0.05, 0) is 38.0 Å². The molecular formula is C11H18N2O3. The van der Waals surface area contributed by atoms with E-state index >= 15 is 0 Å². The summed E-state index contributed by atoms with van der Waals surface area (Å²) in [5, 5.41) is 11.7. The molecule has 0 aliphatic heterocycles. The first-order chi connectivity index (χ1) is 7.53. The van der Waals surface area contributed by atoms with Gasteiger partial charge in [0.25, 0.3) is 0 Å². The molecule has 0 radical (unpaired) electrons. The summed E-state index contributed by atoms with van der Waals surface area (Å²) in [6.45, 7) is 0. The third-order valence-electron chi connectivity index (χ3n) is 3.64. The van der Waals surface area contributed by atoms with Crippen LogP contribution in [0.1, 0.15) is 38.5 Å². The van der Waals surface area contributed by atoms with Crippen molar-refractivity contribution in [3.05, 3.63) is 0 Å². The Hall–Kier alpha value is -1.10. The van der Waals surface area contributed by atoms with Gasteiger partial charge in [0.2, 0.25) is 5.91 Å². The minimum absolute atomic E-state index is 0.106. The van der Waals surface area contributed by atoms with E-state index in [1.165, 1.54) is 0 Å². The minimum atomic E-state index is -1.000. The number of nitrogens with one attached hydrogen (secondary N) is 1. The monoisotopic (exact) mass is 226 g/mol. The van der Waals surface area contributed by atoms with Crippen LogP contribution in [0.3, 0.4) is 0 Å². The Bertz CT molecular complexity index is 308. The van der Waals surface area contributed by atoms with Crippen LogP contribution in [-0.2, 0) is 9.59 Å². The largest absolute Gasteiger partial charge is 0.480 e. The SMILES string of the molecule is NC(CC(=O)NC1(C(=O)O)CCC1)C1CC1. The van der Waals surface area contributed by atoms with Crippen molar-refractivity contribution >= 4 is 11.9 Å². The molecule has 1 amide bonds. The molecule has 0 heterocycles. The molecule has 90 valence electrons. The first-order valence-electron chi connectivity index (χ1n) is 5.83. The Labute approximate surface area is 94.4 Å². The van der Waals surface area contributed by atoms with Crippen molar-refractivity contribution in [2.45, 2.75) is 50.1 Å². The van der Waals surface area contributed by atoms with Gasteiger partial charge in [-0.25, -0.2) is 4.79 Å². The van der Waals surface area contributed by atoms with Crippen LogP contribution in [0.25, 0.3) is 0 Å². The Balaban J connectivity index is 1.83. The lowest BCUT2D eigenvalue weighted by Crippen LogP contribution is -2.59. The fourth-order valence-corrected chi connectivity index (χ4v) is 2.15. The van der Waals surface area contributed by atoms with Crippen LogP contribution >= 0.6 is 0 Å². The average Bonchev–Trinajstić information content (AvgIpc) is 2.93. The van der Waals surface area contributed by atoms with Gasteiger partial charge in [0.05, 0.1) is 0 Å². The zero-order valence-corrected chi connectivity index (χ0v) is 9.24. The summed E-state index contributed by atoms with van der Waals surface area (Å²) in [6, 6.07) is -0.106. The Kier molecular flexibility index (Phi) is 2.88. The van der Waals surface area contributed by atoms with Gasteiger partial charge in [-0.15, -0.1) is 0 Å². The van der Waals surface area contributed by atoms with E-state index in [4.69, 9.17) is 10.8 Å². The summed E-state index contributed by atoms with van der Waals surface area (Å²) < 4.78 is 0. The summed E-state index contributed by atoms with van der Waals surface area (Å²) in [6.07, 6.45) is 4.37. The number of nitrogens with two attached hydrogens (primary N) is 1. The molecule has 2 rings (SSSR count). The Morgan fingerprint density at radius 1 is 1.44 bits per heavy atom. The first-order valence-corrected chi connectivity index (χ1v) is 5.83. The van der Waals surface area contributed by atoms with E-state index in [0.29, 0.717) is 18.8 Å². The highest BCUT2D eigenvalue weighted by atomic mass is 16.4. The van der Waals surface area contributed by atoms with Crippen molar-refractivity contribution in [3.8, 4) is 0 Å². The molecule has 2 saturated carbocycles. The van der Waals surface area contributed by atoms with Crippen LogP contribution in [0.2, 0.25) is 0 Å².